The number of rotatable bonds is 3. The summed E-state index contributed by atoms with van der Waals surface area (Å²) in [6.45, 7) is 8.33. The van der Waals surface area contributed by atoms with Crippen LogP contribution in [0.25, 0.3) is 0 Å². The molecule has 0 saturated carbocycles. The molecule has 1 atom stereocenters. The number of halogens is 1. The Morgan fingerprint density at radius 3 is 2.44 bits per heavy atom. The molecule has 0 aliphatic carbocycles. The van der Waals surface area contributed by atoms with Gasteiger partial charge in [0.1, 0.15) is 16.5 Å². The van der Waals surface area contributed by atoms with Crippen LogP contribution in [0.1, 0.15) is 38.1 Å². The lowest BCUT2D eigenvalue weighted by molar-refractivity contribution is 0.0697. The summed E-state index contributed by atoms with van der Waals surface area (Å²) in [5.41, 5.74) is 0.173. The van der Waals surface area contributed by atoms with Gasteiger partial charge in [-0.05, 0) is 24.5 Å². The Morgan fingerprint density at radius 2 is 2.00 bits per heavy atom. The van der Waals surface area contributed by atoms with E-state index in [4.69, 9.17) is 11.6 Å². The summed E-state index contributed by atoms with van der Waals surface area (Å²) in [6.07, 6.45) is 0. The van der Waals surface area contributed by atoms with Gasteiger partial charge in [0.15, 0.2) is 0 Å². The minimum Gasteiger partial charge on any atom is -0.478 e. The first kappa shape index (κ1) is 14.8. The quantitative estimate of drug-likeness (QED) is 0.856. The van der Waals surface area contributed by atoms with Gasteiger partial charge in [0, 0.05) is 13.1 Å². The number of aromatic nitrogens is 1. The van der Waals surface area contributed by atoms with Crippen LogP contribution in [0.4, 0.5) is 5.82 Å². The van der Waals surface area contributed by atoms with E-state index in [1.165, 1.54) is 12.1 Å². The molecule has 18 heavy (non-hydrogen) atoms. The van der Waals surface area contributed by atoms with Gasteiger partial charge in [-0.2, -0.15) is 0 Å². The summed E-state index contributed by atoms with van der Waals surface area (Å²) < 4.78 is 0. The molecule has 0 fully saturated rings. The molecule has 1 aromatic heterocycles. The van der Waals surface area contributed by atoms with E-state index in [1.807, 2.05) is 18.9 Å². The van der Waals surface area contributed by atoms with E-state index in [2.05, 4.69) is 25.8 Å². The maximum Gasteiger partial charge on any atom is 0.339 e. The first-order chi connectivity index (χ1) is 8.14. The molecule has 1 heterocycles. The van der Waals surface area contributed by atoms with Gasteiger partial charge in [-0.25, -0.2) is 9.78 Å². The minimum atomic E-state index is -0.998. The van der Waals surface area contributed by atoms with Crippen molar-refractivity contribution in [3.63, 3.8) is 0 Å². The van der Waals surface area contributed by atoms with Crippen molar-refractivity contribution in [1.82, 2.24) is 4.98 Å². The van der Waals surface area contributed by atoms with E-state index in [1.54, 1.807) is 0 Å². The van der Waals surface area contributed by atoms with Crippen molar-refractivity contribution in [3.8, 4) is 0 Å². The SMILES string of the molecule is CC(N(C)c1nc(Cl)ccc1C(=O)O)C(C)(C)C. The molecule has 0 spiro atoms. The van der Waals surface area contributed by atoms with Crippen molar-refractivity contribution in [1.29, 1.82) is 0 Å². The van der Waals surface area contributed by atoms with Gasteiger partial charge in [0.25, 0.3) is 0 Å². The highest BCUT2D eigenvalue weighted by Crippen LogP contribution is 2.29. The number of hydrogen-bond acceptors (Lipinski definition) is 3. The predicted molar refractivity (Wildman–Crippen MR) is 73.5 cm³/mol. The number of carbonyl (C=O) groups is 1. The molecule has 4 nitrogen and oxygen atoms in total. The lowest BCUT2D eigenvalue weighted by Crippen LogP contribution is -2.40. The fourth-order valence-corrected chi connectivity index (χ4v) is 1.77. The summed E-state index contributed by atoms with van der Waals surface area (Å²) in [4.78, 5) is 17.2. The third kappa shape index (κ3) is 3.13. The van der Waals surface area contributed by atoms with Crippen LogP contribution >= 0.6 is 11.6 Å². The zero-order chi connectivity index (χ0) is 14.1. The van der Waals surface area contributed by atoms with E-state index < -0.39 is 5.97 Å². The maximum atomic E-state index is 11.2. The van der Waals surface area contributed by atoms with Crippen LogP contribution < -0.4 is 4.90 Å². The number of pyridine rings is 1. The van der Waals surface area contributed by atoms with Crippen molar-refractivity contribution in [2.45, 2.75) is 33.7 Å². The van der Waals surface area contributed by atoms with E-state index in [-0.39, 0.29) is 17.0 Å². The van der Waals surface area contributed by atoms with Crippen LogP contribution in [0.15, 0.2) is 12.1 Å². The Balaban J connectivity index is 3.23. The molecular formula is C13H19ClN2O2. The van der Waals surface area contributed by atoms with Crippen LogP contribution in [-0.4, -0.2) is 29.1 Å². The van der Waals surface area contributed by atoms with Crippen LogP contribution in [0.5, 0.6) is 0 Å². The van der Waals surface area contributed by atoms with Crippen LogP contribution in [0.3, 0.4) is 0 Å². The molecule has 0 bridgehead atoms. The lowest BCUT2D eigenvalue weighted by atomic mass is 9.87. The molecule has 0 amide bonds. The number of carboxylic acids is 1. The second-order valence-electron chi connectivity index (χ2n) is 5.46. The number of hydrogen-bond donors (Lipinski definition) is 1. The molecule has 0 aliphatic heterocycles. The first-order valence-corrected chi connectivity index (χ1v) is 6.15. The average molecular weight is 271 g/mol. The Kier molecular flexibility index (Phi) is 4.22. The van der Waals surface area contributed by atoms with Crippen LogP contribution in [0.2, 0.25) is 5.15 Å². The molecule has 1 rings (SSSR count). The Morgan fingerprint density at radius 1 is 1.44 bits per heavy atom. The largest absolute Gasteiger partial charge is 0.478 e. The van der Waals surface area contributed by atoms with Crippen molar-refractivity contribution in [2.75, 3.05) is 11.9 Å². The van der Waals surface area contributed by atoms with Gasteiger partial charge in [0.05, 0.1) is 0 Å². The molecule has 0 radical (unpaired) electrons. The number of carboxylic acid groups (broad SMARTS) is 1. The molecule has 1 aromatic rings. The third-order valence-corrected chi connectivity index (χ3v) is 3.45. The van der Waals surface area contributed by atoms with Gasteiger partial charge in [-0.1, -0.05) is 32.4 Å². The van der Waals surface area contributed by atoms with Gasteiger partial charge < -0.3 is 10.0 Å². The molecule has 5 heteroatoms. The van der Waals surface area contributed by atoms with Gasteiger partial charge in [-0.15, -0.1) is 0 Å². The summed E-state index contributed by atoms with van der Waals surface area (Å²) in [5, 5.41) is 9.47. The topological polar surface area (TPSA) is 53.4 Å². The van der Waals surface area contributed by atoms with Gasteiger partial charge >= 0.3 is 5.97 Å². The second-order valence-corrected chi connectivity index (χ2v) is 5.85. The first-order valence-electron chi connectivity index (χ1n) is 5.77. The van der Waals surface area contributed by atoms with Crippen molar-refractivity contribution in [3.05, 3.63) is 22.8 Å². The summed E-state index contributed by atoms with van der Waals surface area (Å²) in [5.74, 6) is -0.598. The normalized spacial score (nSPS) is 13.2. The fraction of sp³-hybridized carbons (Fsp3) is 0.538. The van der Waals surface area contributed by atoms with E-state index in [0.29, 0.717) is 11.0 Å². The summed E-state index contributed by atoms with van der Waals surface area (Å²) >= 11 is 5.85. The van der Waals surface area contributed by atoms with Crippen molar-refractivity contribution < 1.29 is 9.90 Å². The Bertz CT molecular complexity index is 455. The molecule has 0 aliphatic rings. The molecule has 0 aromatic carbocycles. The second kappa shape index (κ2) is 5.14. The molecule has 100 valence electrons. The van der Waals surface area contributed by atoms with Gasteiger partial charge in [-0.3, -0.25) is 0 Å². The van der Waals surface area contributed by atoms with Crippen LogP contribution in [0, 0.1) is 5.41 Å². The third-order valence-electron chi connectivity index (χ3n) is 3.24. The minimum absolute atomic E-state index is 0.00845. The lowest BCUT2D eigenvalue weighted by Gasteiger charge is -2.36. The highest BCUT2D eigenvalue weighted by atomic mass is 35.5. The van der Waals surface area contributed by atoms with Crippen LogP contribution in [-0.2, 0) is 0 Å². The van der Waals surface area contributed by atoms with E-state index in [9.17, 15) is 9.90 Å². The average Bonchev–Trinajstić information content (AvgIpc) is 2.25. The monoisotopic (exact) mass is 270 g/mol. The Hall–Kier alpha value is -1.29. The standard InChI is InChI=1S/C13H19ClN2O2/c1-8(13(2,3)4)16(5)11-9(12(17)18)6-7-10(14)15-11/h6-8H,1-5H3,(H,17,18). The maximum absolute atomic E-state index is 11.2. The smallest absolute Gasteiger partial charge is 0.339 e. The fourth-order valence-electron chi connectivity index (χ4n) is 1.63. The molecule has 1 N–H and O–H groups in total. The van der Waals surface area contributed by atoms with E-state index in [0.717, 1.165) is 0 Å². The number of nitrogens with zero attached hydrogens (tertiary/aromatic N) is 2. The molecular weight excluding hydrogens is 252 g/mol. The van der Waals surface area contributed by atoms with Gasteiger partial charge in [0.2, 0.25) is 0 Å². The summed E-state index contributed by atoms with van der Waals surface area (Å²) in [7, 11) is 1.83. The number of anilines is 1. The Labute approximate surface area is 113 Å². The molecule has 1 unspecified atom stereocenters. The highest BCUT2D eigenvalue weighted by molar-refractivity contribution is 6.29. The molecule has 0 saturated heterocycles. The zero-order valence-electron chi connectivity index (χ0n) is 11.4. The van der Waals surface area contributed by atoms with Crippen molar-refractivity contribution >= 4 is 23.4 Å². The highest BCUT2D eigenvalue weighted by Gasteiger charge is 2.27. The summed E-state index contributed by atoms with van der Waals surface area (Å²) in [6, 6.07) is 3.10. The predicted octanol–water partition coefficient (Wildman–Crippen LogP) is 3.30. The van der Waals surface area contributed by atoms with Crippen molar-refractivity contribution in [2.24, 2.45) is 5.41 Å². The van der Waals surface area contributed by atoms with E-state index >= 15 is 0 Å². The zero-order valence-corrected chi connectivity index (χ0v) is 12.1. The number of aromatic carboxylic acids is 1.